The molecule has 0 fully saturated rings. The van der Waals surface area contributed by atoms with Crippen LogP contribution in [0.1, 0.15) is 0 Å². The Morgan fingerprint density at radius 3 is 1.63 bits per heavy atom. The number of benzene rings is 6. The predicted octanol–water partition coefficient (Wildman–Crippen LogP) is 10.5. The second-order valence-corrected chi connectivity index (χ2v) is 10.3. The molecule has 6 aromatic carbocycles. The molecule has 0 unspecified atom stereocenters. The van der Waals surface area contributed by atoms with E-state index in [1.807, 2.05) is 24.3 Å². The number of thiophene rings is 1. The standard InChI is InChI=1S/C32H18ClFS/c33-21-7-5-6-19(16-21)31-23-8-1-3-10-25(23)32(26-11-4-2-9-24(26)31)20-12-14-29-27(17-20)28-18-22(34)13-15-30(28)35-29/h1-18H. The molecule has 0 bridgehead atoms. The van der Waals surface area contributed by atoms with Crippen molar-refractivity contribution in [2.24, 2.45) is 0 Å². The Balaban J connectivity index is 1.61. The summed E-state index contributed by atoms with van der Waals surface area (Å²) in [5.74, 6) is -0.204. The Kier molecular flexibility index (Phi) is 4.66. The minimum Gasteiger partial charge on any atom is -0.207 e. The molecular weight excluding hydrogens is 471 g/mol. The summed E-state index contributed by atoms with van der Waals surface area (Å²) < 4.78 is 16.4. The van der Waals surface area contributed by atoms with Gasteiger partial charge in [0.1, 0.15) is 5.82 Å². The summed E-state index contributed by atoms with van der Waals surface area (Å²) in [6.45, 7) is 0. The van der Waals surface area contributed by atoms with Crippen LogP contribution >= 0.6 is 22.9 Å². The van der Waals surface area contributed by atoms with Crippen molar-refractivity contribution in [2.45, 2.75) is 0 Å². The maximum Gasteiger partial charge on any atom is 0.123 e. The summed E-state index contributed by atoms with van der Waals surface area (Å²) in [6.07, 6.45) is 0. The van der Waals surface area contributed by atoms with Crippen LogP contribution in [0, 0.1) is 5.82 Å². The molecule has 0 aliphatic carbocycles. The van der Waals surface area contributed by atoms with E-state index in [9.17, 15) is 4.39 Å². The summed E-state index contributed by atoms with van der Waals surface area (Å²) in [6, 6.07) is 36.9. The smallest absolute Gasteiger partial charge is 0.123 e. The van der Waals surface area contributed by atoms with Crippen molar-refractivity contribution in [3.8, 4) is 22.3 Å². The maximum absolute atomic E-state index is 14.1. The Hall–Kier alpha value is -3.72. The van der Waals surface area contributed by atoms with Crippen molar-refractivity contribution in [1.82, 2.24) is 0 Å². The minimum absolute atomic E-state index is 0.204. The molecule has 166 valence electrons. The topological polar surface area (TPSA) is 0 Å². The molecule has 0 aliphatic heterocycles. The SMILES string of the molecule is Fc1ccc2sc3ccc(-c4c5ccccc5c(-c5cccc(Cl)c5)c5ccccc45)cc3c2c1. The summed E-state index contributed by atoms with van der Waals surface area (Å²) in [4.78, 5) is 0. The first-order valence-corrected chi connectivity index (χ1v) is 12.7. The number of halogens is 2. The molecule has 0 atom stereocenters. The van der Waals surface area contributed by atoms with Crippen LogP contribution in [0.4, 0.5) is 4.39 Å². The fourth-order valence-electron chi connectivity index (χ4n) is 5.30. The van der Waals surface area contributed by atoms with Gasteiger partial charge in [-0.15, -0.1) is 11.3 Å². The molecule has 0 spiro atoms. The Morgan fingerprint density at radius 2 is 1.03 bits per heavy atom. The molecule has 0 saturated carbocycles. The molecule has 0 nitrogen and oxygen atoms in total. The van der Waals surface area contributed by atoms with E-state index in [0.29, 0.717) is 0 Å². The van der Waals surface area contributed by atoms with Gasteiger partial charge in [-0.3, -0.25) is 0 Å². The van der Waals surface area contributed by atoms with Gasteiger partial charge in [-0.2, -0.15) is 0 Å². The van der Waals surface area contributed by atoms with E-state index in [-0.39, 0.29) is 5.82 Å². The van der Waals surface area contributed by atoms with Crippen LogP contribution in [-0.2, 0) is 0 Å². The quantitative estimate of drug-likeness (QED) is 0.212. The van der Waals surface area contributed by atoms with Crippen LogP contribution < -0.4 is 0 Å². The largest absolute Gasteiger partial charge is 0.207 e. The van der Waals surface area contributed by atoms with Crippen molar-refractivity contribution in [3.63, 3.8) is 0 Å². The lowest BCUT2D eigenvalue weighted by atomic mass is 9.86. The molecule has 0 saturated heterocycles. The molecule has 7 rings (SSSR count). The fraction of sp³-hybridized carbons (Fsp3) is 0. The van der Waals surface area contributed by atoms with Gasteiger partial charge in [0.2, 0.25) is 0 Å². The number of rotatable bonds is 2. The summed E-state index contributed by atoms with van der Waals surface area (Å²) >= 11 is 8.11. The van der Waals surface area contributed by atoms with Crippen molar-refractivity contribution in [3.05, 3.63) is 120 Å². The zero-order valence-corrected chi connectivity index (χ0v) is 20.1. The molecule has 35 heavy (non-hydrogen) atoms. The van der Waals surface area contributed by atoms with Crippen LogP contribution in [0.2, 0.25) is 5.02 Å². The molecule has 0 aliphatic rings. The van der Waals surface area contributed by atoms with E-state index in [0.717, 1.165) is 31.6 Å². The van der Waals surface area contributed by atoms with Gasteiger partial charge in [-0.25, -0.2) is 4.39 Å². The number of hydrogen-bond donors (Lipinski definition) is 0. The maximum atomic E-state index is 14.1. The second kappa shape index (κ2) is 7.91. The Labute approximate surface area is 210 Å². The van der Waals surface area contributed by atoms with Gasteiger partial charge in [0, 0.05) is 25.2 Å². The van der Waals surface area contributed by atoms with Gasteiger partial charge in [-0.05, 0) is 86.3 Å². The third-order valence-corrected chi connectivity index (χ3v) is 8.15. The Morgan fingerprint density at radius 1 is 0.486 bits per heavy atom. The highest BCUT2D eigenvalue weighted by Crippen LogP contribution is 2.45. The van der Waals surface area contributed by atoms with Crippen LogP contribution in [0.15, 0.2) is 109 Å². The van der Waals surface area contributed by atoms with Crippen molar-refractivity contribution in [1.29, 1.82) is 0 Å². The average molecular weight is 489 g/mol. The molecule has 0 N–H and O–H groups in total. The minimum atomic E-state index is -0.204. The highest BCUT2D eigenvalue weighted by Gasteiger charge is 2.17. The van der Waals surface area contributed by atoms with Crippen LogP contribution in [0.5, 0.6) is 0 Å². The summed E-state index contributed by atoms with van der Waals surface area (Å²) in [5, 5.41) is 7.53. The molecule has 1 heterocycles. The Bertz CT molecular complexity index is 1880. The molecule has 1 aromatic heterocycles. The first-order chi connectivity index (χ1) is 17.2. The lowest BCUT2D eigenvalue weighted by Gasteiger charge is -2.18. The number of fused-ring (bicyclic) bond motifs is 5. The van der Waals surface area contributed by atoms with E-state index in [1.54, 1.807) is 17.4 Å². The van der Waals surface area contributed by atoms with E-state index < -0.39 is 0 Å². The summed E-state index contributed by atoms with van der Waals surface area (Å²) in [7, 11) is 0. The van der Waals surface area contributed by atoms with E-state index in [1.165, 1.54) is 43.4 Å². The molecular formula is C32H18ClFS. The van der Waals surface area contributed by atoms with Gasteiger partial charge in [0.05, 0.1) is 0 Å². The molecule has 3 heteroatoms. The lowest BCUT2D eigenvalue weighted by molar-refractivity contribution is 0.630. The monoisotopic (exact) mass is 488 g/mol. The average Bonchev–Trinajstić information content (AvgIpc) is 3.24. The molecule has 0 amide bonds. The summed E-state index contributed by atoms with van der Waals surface area (Å²) in [5.41, 5.74) is 4.61. The highest BCUT2D eigenvalue weighted by molar-refractivity contribution is 7.25. The predicted molar refractivity (Wildman–Crippen MR) is 150 cm³/mol. The highest BCUT2D eigenvalue weighted by atomic mass is 35.5. The lowest BCUT2D eigenvalue weighted by Crippen LogP contribution is -1.90. The van der Waals surface area contributed by atoms with Gasteiger partial charge < -0.3 is 0 Å². The van der Waals surface area contributed by atoms with Gasteiger partial charge in [0.15, 0.2) is 0 Å². The van der Waals surface area contributed by atoms with Gasteiger partial charge in [-0.1, -0.05) is 78.3 Å². The van der Waals surface area contributed by atoms with Crippen LogP contribution in [-0.4, -0.2) is 0 Å². The van der Waals surface area contributed by atoms with E-state index in [2.05, 4.69) is 72.8 Å². The fourth-order valence-corrected chi connectivity index (χ4v) is 6.56. The third-order valence-electron chi connectivity index (χ3n) is 6.76. The van der Waals surface area contributed by atoms with Gasteiger partial charge >= 0.3 is 0 Å². The van der Waals surface area contributed by atoms with Crippen molar-refractivity contribution in [2.75, 3.05) is 0 Å². The number of hydrogen-bond acceptors (Lipinski definition) is 1. The molecule has 0 radical (unpaired) electrons. The third kappa shape index (κ3) is 3.25. The zero-order chi connectivity index (χ0) is 23.5. The van der Waals surface area contributed by atoms with Crippen LogP contribution in [0.3, 0.4) is 0 Å². The van der Waals surface area contributed by atoms with Gasteiger partial charge in [0.25, 0.3) is 0 Å². The van der Waals surface area contributed by atoms with Crippen LogP contribution in [0.25, 0.3) is 64.0 Å². The molecule has 7 aromatic rings. The zero-order valence-electron chi connectivity index (χ0n) is 18.6. The first-order valence-electron chi connectivity index (χ1n) is 11.5. The normalized spacial score (nSPS) is 11.7. The van der Waals surface area contributed by atoms with Crippen molar-refractivity contribution >= 4 is 64.7 Å². The van der Waals surface area contributed by atoms with E-state index in [4.69, 9.17) is 11.6 Å². The van der Waals surface area contributed by atoms with Crippen molar-refractivity contribution < 1.29 is 4.39 Å². The van der Waals surface area contributed by atoms with E-state index >= 15 is 0 Å². The second-order valence-electron chi connectivity index (χ2n) is 8.80. The first kappa shape index (κ1) is 20.6.